The first-order chi connectivity index (χ1) is 12.8. The van der Waals surface area contributed by atoms with Crippen LogP contribution in [0.3, 0.4) is 0 Å². The second-order valence-electron chi connectivity index (χ2n) is 7.03. The number of benzene rings is 1. The molecule has 0 spiro atoms. The molecule has 2 fully saturated rings. The first-order valence-corrected chi connectivity index (χ1v) is 10.4. The highest BCUT2D eigenvalue weighted by molar-refractivity contribution is 14.1. The maximum absolute atomic E-state index is 14.7. The van der Waals surface area contributed by atoms with Gasteiger partial charge in [-0.2, -0.15) is 0 Å². The third kappa shape index (κ3) is 4.63. The predicted octanol–water partition coefficient (Wildman–Crippen LogP) is 2.05. The van der Waals surface area contributed by atoms with Crippen molar-refractivity contribution in [3.05, 3.63) is 24.0 Å². The fourth-order valence-corrected chi connectivity index (χ4v) is 4.08. The molecule has 9 heteroatoms. The van der Waals surface area contributed by atoms with Crippen LogP contribution in [0.25, 0.3) is 0 Å². The summed E-state index contributed by atoms with van der Waals surface area (Å²) >= 11 is 2.18. The van der Waals surface area contributed by atoms with Crippen LogP contribution in [0.5, 0.6) is 0 Å². The van der Waals surface area contributed by atoms with Gasteiger partial charge in [-0.15, -0.1) is 0 Å². The molecule has 2 saturated heterocycles. The van der Waals surface area contributed by atoms with Crippen molar-refractivity contribution in [3.8, 4) is 0 Å². The molecule has 0 saturated carbocycles. The smallest absolute Gasteiger partial charge is 0.414 e. The minimum atomic E-state index is -0.671. The van der Waals surface area contributed by atoms with E-state index in [0.717, 1.165) is 0 Å². The zero-order valence-corrected chi connectivity index (χ0v) is 17.2. The largest absolute Gasteiger partial charge is 0.442 e. The fraction of sp³-hybridized carbons (Fsp3) is 0.556. The summed E-state index contributed by atoms with van der Waals surface area (Å²) < 4.78 is 20.6. The van der Waals surface area contributed by atoms with Gasteiger partial charge in [-0.3, -0.25) is 9.69 Å². The number of cyclic esters (lactones) is 1. The van der Waals surface area contributed by atoms with Crippen LogP contribution < -0.4 is 15.1 Å². The van der Waals surface area contributed by atoms with Crippen molar-refractivity contribution < 1.29 is 23.8 Å². The van der Waals surface area contributed by atoms with Gasteiger partial charge in [0.15, 0.2) is 0 Å². The molecule has 0 radical (unpaired) electrons. The molecule has 7 nitrogen and oxygen atoms in total. The van der Waals surface area contributed by atoms with Crippen molar-refractivity contribution in [1.29, 1.82) is 0 Å². The third-order valence-corrected chi connectivity index (χ3v) is 6.40. The standard InChI is InChI=1S/C18H23FIN3O4/c1-12(24)21-9-14-10-23(17(25)27-14)13-2-3-16(15(19)8-13)22-6-4-18(26,11-20)5-7-22/h2-3,8,14,26H,4-7,9-11H2,1H3,(H,21,24). The number of alkyl halides is 1. The lowest BCUT2D eigenvalue weighted by Crippen LogP contribution is -2.45. The van der Waals surface area contributed by atoms with E-state index in [-0.39, 0.29) is 19.0 Å². The second-order valence-corrected chi connectivity index (χ2v) is 7.80. The van der Waals surface area contributed by atoms with Crippen molar-refractivity contribution in [2.24, 2.45) is 0 Å². The summed E-state index contributed by atoms with van der Waals surface area (Å²) in [6.45, 7) is 3.04. The maximum atomic E-state index is 14.7. The van der Waals surface area contributed by atoms with Crippen molar-refractivity contribution in [3.63, 3.8) is 0 Å². The minimum Gasteiger partial charge on any atom is -0.442 e. The zero-order valence-electron chi connectivity index (χ0n) is 15.1. The van der Waals surface area contributed by atoms with Gasteiger partial charge in [-0.1, -0.05) is 22.6 Å². The van der Waals surface area contributed by atoms with E-state index >= 15 is 0 Å². The van der Waals surface area contributed by atoms with Gasteiger partial charge >= 0.3 is 6.09 Å². The number of halogens is 2. The Labute approximate surface area is 171 Å². The van der Waals surface area contributed by atoms with Crippen LogP contribution in [0.15, 0.2) is 18.2 Å². The normalized spacial score (nSPS) is 21.9. The van der Waals surface area contributed by atoms with Crippen LogP contribution in [-0.4, -0.2) is 59.4 Å². The summed E-state index contributed by atoms with van der Waals surface area (Å²) in [4.78, 5) is 26.3. The van der Waals surface area contributed by atoms with Crippen molar-refractivity contribution in [1.82, 2.24) is 5.32 Å². The number of carbonyl (C=O) groups excluding carboxylic acids is 2. The topological polar surface area (TPSA) is 82.1 Å². The molecule has 1 unspecified atom stereocenters. The Morgan fingerprint density at radius 1 is 1.44 bits per heavy atom. The molecule has 1 atom stereocenters. The lowest BCUT2D eigenvalue weighted by molar-refractivity contribution is -0.119. The van der Waals surface area contributed by atoms with Crippen molar-refractivity contribution in [2.75, 3.05) is 40.4 Å². The molecule has 2 aliphatic rings. The van der Waals surface area contributed by atoms with Gasteiger partial charge in [-0.05, 0) is 31.0 Å². The van der Waals surface area contributed by atoms with Gasteiger partial charge in [-0.25, -0.2) is 9.18 Å². The quantitative estimate of drug-likeness (QED) is 0.487. The van der Waals surface area contributed by atoms with E-state index in [0.29, 0.717) is 41.7 Å². The van der Waals surface area contributed by atoms with E-state index in [4.69, 9.17) is 4.74 Å². The number of ether oxygens (including phenoxy) is 1. The van der Waals surface area contributed by atoms with Crippen LogP contribution in [0, 0.1) is 5.82 Å². The Morgan fingerprint density at radius 2 is 2.15 bits per heavy atom. The molecular formula is C18H23FIN3O4. The summed E-state index contributed by atoms with van der Waals surface area (Å²) in [7, 11) is 0. The average Bonchev–Trinajstić information content (AvgIpc) is 3.02. The summed E-state index contributed by atoms with van der Waals surface area (Å²) in [6, 6.07) is 4.68. The summed E-state index contributed by atoms with van der Waals surface area (Å²) in [5.74, 6) is -0.610. The lowest BCUT2D eigenvalue weighted by Gasteiger charge is -2.38. The first kappa shape index (κ1) is 20.1. The number of aliphatic hydroxyl groups is 1. The van der Waals surface area contributed by atoms with E-state index in [1.165, 1.54) is 17.9 Å². The Hall–Kier alpha value is -1.62. The molecule has 0 aromatic heterocycles. The second kappa shape index (κ2) is 8.17. The molecule has 27 heavy (non-hydrogen) atoms. The summed E-state index contributed by atoms with van der Waals surface area (Å²) in [6.07, 6.45) is 0.181. The SMILES string of the molecule is CC(=O)NCC1CN(c2ccc(N3CCC(O)(CI)CC3)c(F)c2)C(=O)O1. The van der Waals surface area contributed by atoms with Gasteiger partial charge in [0.05, 0.1) is 30.1 Å². The monoisotopic (exact) mass is 491 g/mol. The van der Waals surface area contributed by atoms with Crippen LogP contribution in [0.2, 0.25) is 0 Å². The molecule has 2 amide bonds. The van der Waals surface area contributed by atoms with Gasteiger partial charge in [0.1, 0.15) is 11.9 Å². The van der Waals surface area contributed by atoms with E-state index in [1.54, 1.807) is 12.1 Å². The molecule has 0 bridgehead atoms. The fourth-order valence-electron chi connectivity index (χ4n) is 3.31. The summed E-state index contributed by atoms with van der Waals surface area (Å²) in [5, 5.41) is 12.9. The lowest BCUT2D eigenvalue weighted by atomic mass is 9.93. The van der Waals surface area contributed by atoms with Gasteiger partial charge in [0, 0.05) is 24.4 Å². The van der Waals surface area contributed by atoms with E-state index in [9.17, 15) is 19.1 Å². The number of amides is 2. The average molecular weight is 491 g/mol. The first-order valence-electron chi connectivity index (χ1n) is 8.87. The van der Waals surface area contributed by atoms with Gasteiger partial charge in [0.25, 0.3) is 0 Å². The van der Waals surface area contributed by atoms with Crippen LogP contribution in [0.1, 0.15) is 19.8 Å². The Bertz CT molecular complexity index is 725. The molecule has 1 aromatic carbocycles. The van der Waals surface area contributed by atoms with Gasteiger partial charge < -0.3 is 20.1 Å². The number of rotatable bonds is 5. The van der Waals surface area contributed by atoms with E-state index in [2.05, 4.69) is 27.9 Å². The number of carbonyl (C=O) groups is 2. The third-order valence-electron chi connectivity index (χ3n) is 4.98. The molecule has 2 N–H and O–H groups in total. The highest BCUT2D eigenvalue weighted by Gasteiger charge is 2.34. The molecule has 0 aliphatic carbocycles. The number of piperidine rings is 1. The highest BCUT2D eigenvalue weighted by atomic mass is 127. The number of nitrogens with zero attached hydrogens (tertiary/aromatic N) is 2. The Morgan fingerprint density at radius 3 is 2.74 bits per heavy atom. The van der Waals surface area contributed by atoms with Crippen LogP contribution in [0.4, 0.5) is 20.6 Å². The minimum absolute atomic E-state index is 0.198. The molecule has 148 valence electrons. The molecule has 2 aliphatic heterocycles. The van der Waals surface area contributed by atoms with Gasteiger partial charge in [0.2, 0.25) is 5.91 Å². The number of hydrogen-bond donors (Lipinski definition) is 2. The van der Waals surface area contributed by atoms with E-state index in [1.807, 2.05) is 4.90 Å². The Kier molecular flexibility index (Phi) is 6.09. The predicted molar refractivity (Wildman–Crippen MR) is 108 cm³/mol. The number of anilines is 2. The maximum Gasteiger partial charge on any atom is 0.414 e. The number of hydrogen-bond acceptors (Lipinski definition) is 5. The summed E-state index contributed by atoms with van der Waals surface area (Å²) in [5.41, 5.74) is 0.222. The molecular weight excluding hydrogens is 468 g/mol. The zero-order chi connectivity index (χ0) is 19.6. The van der Waals surface area contributed by atoms with Crippen molar-refractivity contribution in [2.45, 2.75) is 31.5 Å². The number of nitrogens with one attached hydrogen (secondary N) is 1. The molecule has 1 aromatic rings. The highest BCUT2D eigenvalue weighted by Crippen LogP contribution is 2.32. The van der Waals surface area contributed by atoms with E-state index < -0.39 is 23.6 Å². The van der Waals surface area contributed by atoms with Crippen LogP contribution in [-0.2, 0) is 9.53 Å². The van der Waals surface area contributed by atoms with Crippen LogP contribution >= 0.6 is 22.6 Å². The Balaban J connectivity index is 1.67. The molecule has 3 rings (SSSR count). The molecule has 2 heterocycles. The van der Waals surface area contributed by atoms with Crippen molar-refractivity contribution >= 4 is 46.0 Å².